The second kappa shape index (κ2) is 1.15. The van der Waals surface area contributed by atoms with Crippen LogP contribution in [0.15, 0.2) is 0 Å². The van der Waals surface area contributed by atoms with Gasteiger partial charge in [0.2, 0.25) is 0 Å². The average molecular weight is 110 g/mol. The molecule has 0 aliphatic heterocycles. The third-order valence-electron chi connectivity index (χ3n) is 2.66. The zero-order valence-corrected chi connectivity index (χ0v) is 5.05. The fraction of sp³-hybridized carbons (Fsp3) is 0.857. The first-order chi connectivity index (χ1) is 3.80. The topological polar surface area (TPSA) is 17.1 Å². The maximum atomic E-state index is 10.8. The Morgan fingerprint density at radius 1 is 1.62 bits per heavy atom. The molecule has 0 heterocycles. The van der Waals surface area contributed by atoms with E-state index in [1.165, 1.54) is 6.42 Å². The smallest absolute Gasteiger partial charge is 0.136 e. The Morgan fingerprint density at radius 2 is 2.38 bits per heavy atom. The van der Waals surface area contributed by atoms with Gasteiger partial charge in [0.1, 0.15) is 5.78 Å². The van der Waals surface area contributed by atoms with Crippen LogP contribution in [0.4, 0.5) is 0 Å². The van der Waals surface area contributed by atoms with Gasteiger partial charge in [-0.05, 0) is 18.3 Å². The molecule has 2 fully saturated rings. The van der Waals surface area contributed by atoms with Crippen LogP contribution in [-0.2, 0) is 4.79 Å². The molecular weight excluding hydrogens is 100 g/mol. The largest absolute Gasteiger partial charge is 0.299 e. The van der Waals surface area contributed by atoms with Crippen molar-refractivity contribution in [2.24, 2.45) is 17.8 Å². The third-order valence-corrected chi connectivity index (χ3v) is 2.66. The van der Waals surface area contributed by atoms with Gasteiger partial charge in [0.05, 0.1) is 0 Å². The summed E-state index contributed by atoms with van der Waals surface area (Å²) in [6, 6.07) is 0. The molecule has 8 heavy (non-hydrogen) atoms. The van der Waals surface area contributed by atoms with Crippen molar-refractivity contribution < 1.29 is 4.79 Å². The maximum Gasteiger partial charge on any atom is 0.136 e. The summed E-state index contributed by atoms with van der Waals surface area (Å²) in [5.41, 5.74) is 0. The molecule has 2 aliphatic rings. The zero-order valence-electron chi connectivity index (χ0n) is 5.05. The first-order valence-electron chi connectivity index (χ1n) is 3.33. The van der Waals surface area contributed by atoms with Crippen molar-refractivity contribution >= 4 is 5.78 Å². The van der Waals surface area contributed by atoms with Crippen molar-refractivity contribution in [3.63, 3.8) is 0 Å². The Balaban J connectivity index is 2.18. The van der Waals surface area contributed by atoms with Crippen molar-refractivity contribution in [2.75, 3.05) is 0 Å². The highest BCUT2D eigenvalue weighted by molar-refractivity contribution is 5.86. The van der Waals surface area contributed by atoms with E-state index in [0.29, 0.717) is 11.7 Å². The highest BCUT2D eigenvalue weighted by Gasteiger charge is 2.54. The Morgan fingerprint density at radius 3 is 2.62 bits per heavy atom. The first-order valence-corrected chi connectivity index (χ1v) is 3.33. The number of carbonyl (C=O) groups excluding carboxylic acids is 1. The molecule has 0 spiro atoms. The summed E-state index contributed by atoms with van der Waals surface area (Å²) in [6.07, 6.45) is 2.06. The zero-order chi connectivity index (χ0) is 5.72. The van der Waals surface area contributed by atoms with Crippen molar-refractivity contribution in [2.45, 2.75) is 19.8 Å². The number of hydrogen-bond acceptors (Lipinski definition) is 1. The Kier molecular flexibility index (Phi) is 0.651. The van der Waals surface area contributed by atoms with Gasteiger partial charge in [0.15, 0.2) is 0 Å². The third kappa shape index (κ3) is 0.355. The van der Waals surface area contributed by atoms with Crippen LogP contribution in [0.1, 0.15) is 19.8 Å². The van der Waals surface area contributed by atoms with Crippen LogP contribution in [-0.4, -0.2) is 5.78 Å². The monoisotopic (exact) mass is 110 g/mol. The number of fused-ring (bicyclic) bond motifs is 1. The van der Waals surface area contributed by atoms with E-state index >= 15 is 0 Å². The minimum atomic E-state index is 0.509. The van der Waals surface area contributed by atoms with Crippen molar-refractivity contribution in [1.29, 1.82) is 0 Å². The molecule has 2 saturated carbocycles. The SMILES string of the molecule is C[C@H]1[C@H]2CCC(=O)[C@@H]12. The molecule has 2 aliphatic carbocycles. The predicted molar refractivity (Wildman–Crippen MR) is 30.4 cm³/mol. The van der Waals surface area contributed by atoms with Gasteiger partial charge in [-0.3, -0.25) is 4.79 Å². The molecule has 2 rings (SSSR count). The lowest BCUT2D eigenvalue weighted by Crippen LogP contribution is -1.95. The molecule has 0 N–H and O–H groups in total. The first kappa shape index (κ1) is 4.54. The summed E-state index contributed by atoms with van der Waals surface area (Å²) in [7, 11) is 0. The van der Waals surface area contributed by atoms with E-state index in [1.807, 2.05) is 0 Å². The number of rotatable bonds is 0. The van der Waals surface area contributed by atoms with E-state index in [4.69, 9.17) is 0 Å². The van der Waals surface area contributed by atoms with Crippen LogP contribution < -0.4 is 0 Å². The van der Waals surface area contributed by atoms with Gasteiger partial charge >= 0.3 is 0 Å². The summed E-state index contributed by atoms with van der Waals surface area (Å²) < 4.78 is 0. The van der Waals surface area contributed by atoms with Gasteiger partial charge in [0.25, 0.3) is 0 Å². The fourth-order valence-electron chi connectivity index (χ4n) is 2.00. The van der Waals surface area contributed by atoms with Gasteiger partial charge in [-0.2, -0.15) is 0 Å². The fourth-order valence-corrected chi connectivity index (χ4v) is 2.00. The van der Waals surface area contributed by atoms with Gasteiger partial charge < -0.3 is 0 Å². The Labute approximate surface area is 49.1 Å². The molecule has 0 amide bonds. The summed E-state index contributed by atoms with van der Waals surface area (Å²) in [5.74, 6) is 2.59. The van der Waals surface area contributed by atoms with Crippen LogP contribution in [0.5, 0.6) is 0 Å². The van der Waals surface area contributed by atoms with E-state index in [1.54, 1.807) is 0 Å². The average Bonchev–Trinajstić information content (AvgIpc) is 2.13. The normalized spacial score (nSPS) is 51.6. The minimum absolute atomic E-state index is 0.509. The second-order valence-electron chi connectivity index (χ2n) is 3.05. The van der Waals surface area contributed by atoms with E-state index < -0.39 is 0 Å². The molecule has 0 radical (unpaired) electrons. The lowest BCUT2D eigenvalue weighted by Gasteiger charge is -1.89. The molecule has 1 heteroatoms. The molecule has 1 nitrogen and oxygen atoms in total. The van der Waals surface area contributed by atoms with E-state index in [9.17, 15) is 4.79 Å². The maximum absolute atomic E-state index is 10.8. The lowest BCUT2D eigenvalue weighted by atomic mass is 10.2. The molecular formula is C7H10O. The molecule has 0 aromatic heterocycles. The molecule has 44 valence electrons. The van der Waals surface area contributed by atoms with Gasteiger partial charge in [-0.25, -0.2) is 0 Å². The summed E-state index contributed by atoms with van der Waals surface area (Å²) in [6.45, 7) is 2.19. The van der Waals surface area contributed by atoms with Gasteiger partial charge in [-0.15, -0.1) is 0 Å². The van der Waals surface area contributed by atoms with Crippen molar-refractivity contribution in [1.82, 2.24) is 0 Å². The van der Waals surface area contributed by atoms with Crippen molar-refractivity contribution in [3.05, 3.63) is 0 Å². The molecule has 0 bridgehead atoms. The van der Waals surface area contributed by atoms with Crippen LogP contribution in [0.3, 0.4) is 0 Å². The van der Waals surface area contributed by atoms with Gasteiger partial charge in [0, 0.05) is 12.3 Å². The van der Waals surface area contributed by atoms with Crippen LogP contribution >= 0.6 is 0 Å². The van der Waals surface area contributed by atoms with Gasteiger partial charge in [-0.1, -0.05) is 6.92 Å². The highest BCUT2D eigenvalue weighted by Crippen LogP contribution is 2.54. The number of carbonyl (C=O) groups is 1. The van der Waals surface area contributed by atoms with E-state index in [-0.39, 0.29) is 0 Å². The predicted octanol–water partition coefficient (Wildman–Crippen LogP) is 1.23. The Bertz CT molecular complexity index is 139. The van der Waals surface area contributed by atoms with E-state index in [2.05, 4.69) is 6.92 Å². The van der Waals surface area contributed by atoms with Crippen LogP contribution in [0, 0.1) is 17.8 Å². The van der Waals surface area contributed by atoms with Crippen LogP contribution in [0.25, 0.3) is 0 Å². The number of Topliss-reactive ketones (excluding diaryl/α,β-unsaturated/α-hetero) is 1. The minimum Gasteiger partial charge on any atom is -0.299 e. The summed E-state index contributed by atoms with van der Waals surface area (Å²) >= 11 is 0. The molecule has 0 aromatic carbocycles. The van der Waals surface area contributed by atoms with E-state index in [0.717, 1.165) is 18.3 Å². The number of ketones is 1. The standard InChI is InChI=1S/C7H10O/c1-4-5-2-3-6(8)7(4)5/h4-5,7H,2-3H2,1H3/t4-,5+,7-/m0/s1. The Hall–Kier alpha value is -0.330. The van der Waals surface area contributed by atoms with Crippen molar-refractivity contribution in [3.8, 4) is 0 Å². The highest BCUT2D eigenvalue weighted by atomic mass is 16.1. The summed E-state index contributed by atoms with van der Waals surface area (Å²) in [4.78, 5) is 10.8. The molecule has 0 unspecified atom stereocenters. The van der Waals surface area contributed by atoms with Crippen LogP contribution in [0.2, 0.25) is 0 Å². The number of hydrogen-bond donors (Lipinski definition) is 0. The molecule has 3 atom stereocenters. The molecule has 0 saturated heterocycles. The second-order valence-corrected chi connectivity index (χ2v) is 3.05. The lowest BCUT2D eigenvalue weighted by molar-refractivity contribution is -0.119. The molecule has 0 aromatic rings. The quantitative estimate of drug-likeness (QED) is 0.458. The summed E-state index contributed by atoms with van der Waals surface area (Å²) in [5, 5.41) is 0.